The summed E-state index contributed by atoms with van der Waals surface area (Å²) in [6, 6.07) is 8.37. The number of ether oxygens (including phenoxy) is 2. The number of nitrogens with zero attached hydrogens (tertiary/aromatic N) is 2. The Labute approximate surface area is 159 Å². The van der Waals surface area contributed by atoms with E-state index >= 15 is 0 Å². The van der Waals surface area contributed by atoms with E-state index in [1.54, 1.807) is 7.11 Å². The molecular formula is C19H19F3N4O2. The smallest absolute Gasteiger partial charge is 0.431 e. The van der Waals surface area contributed by atoms with Crippen LogP contribution in [0, 0.1) is 0 Å². The minimum absolute atomic E-state index is 0.129. The molecule has 2 aromatic heterocycles. The van der Waals surface area contributed by atoms with Gasteiger partial charge in [0, 0.05) is 19.1 Å². The summed E-state index contributed by atoms with van der Waals surface area (Å²) < 4.78 is 50.6. The predicted molar refractivity (Wildman–Crippen MR) is 97.2 cm³/mol. The van der Waals surface area contributed by atoms with Gasteiger partial charge in [0.15, 0.2) is 0 Å². The molecule has 1 aliphatic heterocycles. The van der Waals surface area contributed by atoms with Gasteiger partial charge in [0.1, 0.15) is 34.8 Å². The zero-order chi connectivity index (χ0) is 19.9. The van der Waals surface area contributed by atoms with Gasteiger partial charge in [-0.3, -0.25) is 0 Å². The third kappa shape index (κ3) is 3.37. The maximum Gasteiger partial charge on any atom is 0.431 e. The van der Waals surface area contributed by atoms with Gasteiger partial charge in [-0.15, -0.1) is 0 Å². The van der Waals surface area contributed by atoms with E-state index in [1.807, 2.05) is 31.2 Å². The number of aromatic amines is 1. The van der Waals surface area contributed by atoms with Gasteiger partial charge >= 0.3 is 6.18 Å². The van der Waals surface area contributed by atoms with Crippen LogP contribution in [0.5, 0.6) is 5.75 Å². The van der Waals surface area contributed by atoms with Crippen molar-refractivity contribution in [3.8, 4) is 5.75 Å². The second kappa shape index (κ2) is 6.66. The monoisotopic (exact) mass is 392 g/mol. The van der Waals surface area contributed by atoms with Crippen molar-refractivity contribution in [3.63, 3.8) is 0 Å². The summed E-state index contributed by atoms with van der Waals surface area (Å²) >= 11 is 0. The van der Waals surface area contributed by atoms with Crippen molar-refractivity contribution in [1.29, 1.82) is 0 Å². The molecule has 6 nitrogen and oxygen atoms in total. The summed E-state index contributed by atoms with van der Waals surface area (Å²) in [6.45, 7) is 2.32. The number of alkyl halides is 3. The van der Waals surface area contributed by atoms with Crippen LogP contribution in [0.4, 0.5) is 19.0 Å². The molecule has 2 atom stereocenters. The molecule has 0 amide bonds. The highest BCUT2D eigenvalue weighted by molar-refractivity contribution is 5.88. The number of methoxy groups -OCH3 is 1. The average molecular weight is 392 g/mol. The minimum atomic E-state index is -4.49. The largest absolute Gasteiger partial charge is 0.485 e. The van der Waals surface area contributed by atoms with Gasteiger partial charge < -0.3 is 19.8 Å². The fraction of sp³-hybridized carbons (Fsp3) is 0.368. The van der Waals surface area contributed by atoms with Crippen molar-refractivity contribution < 1.29 is 22.6 Å². The highest BCUT2D eigenvalue weighted by atomic mass is 19.4. The number of para-hydroxylation sites is 1. The van der Waals surface area contributed by atoms with Crippen LogP contribution in [0.25, 0.3) is 11.0 Å². The molecule has 28 heavy (non-hydrogen) atoms. The predicted octanol–water partition coefficient (Wildman–Crippen LogP) is 4.32. The van der Waals surface area contributed by atoms with Crippen LogP contribution in [0.1, 0.15) is 30.6 Å². The molecule has 4 rings (SSSR count). The van der Waals surface area contributed by atoms with Gasteiger partial charge in [-0.2, -0.15) is 13.2 Å². The molecule has 0 unspecified atom stereocenters. The molecule has 0 saturated heterocycles. The SMILES string of the molecule is COC[C@@]1(C)C[C@@H](Nc2ncnc3[nH]c(C(F)(F)F)cc23)c2ccccc2O1. The summed E-state index contributed by atoms with van der Waals surface area (Å²) in [5, 5.41) is 3.57. The Morgan fingerprint density at radius 1 is 1.32 bits per heavy atom. The van der Waals surface area contributed by atoms with Gasteiger partial charge in [0.2, 0.25) is 0 Å². The minimum Gasteiger partial charge on any atom is -0.485 e. The lowest BCUT2D eigenvalue weighted by atomic mass is 9.89. The molecule has 0 spiro atoms. The van der Waals surface area contributed by atoms with E-state index in [0.717, 1.165) is 11.6 Å². The Morgan fingerprint density at radius 2 is 2.11 bits per heavy atom. The summed E-state index contributed by atoms with van der Waals surface area (Å²) in [5.41, 5.74) is -0.399. The zero-order valence-corrected chi connectivity index (χ0v) is 15.3. The van der Waals surface area contributed by atoms with Crippen LogP contribution in [0.2, 0.25) is 0 Å². The summed E-state index contributed by atoms with van der Waals surface area (Å²) in [4.78, 5) is 10.4. The molecule has 3 heterocycles. The number of rotatable bonds is 4. The van der Waals surface area contributed by atoms with E-state index in [9.17, 15) is 13.2 Å². The third-order valence-corrected chi connectivity index (χ3v) is 4.78. The van der Waals surface area contributed by atoms with Crippen LogP contribution in [0.15, 0.2) is 36.7 Å². The molecule has 2 N–H and O–H groups in total. The number of hydrogen-bond donors (Lipinski definition) is 2. The molecule has 1 aromatic carbocycles. The summed E-state index contributed by atoms with van der Waals surface area (Å²) in [6.07, 6.45) is -2.69. The van der Waals surface area contributed by atoms with Crippen LogP contribution < -0.4 is 10.1 Å². The number of nitrogens with one attached hydrogen (secondary N) is 2. The first kappa shape index (κ1) is 18.5. The molecule has 3 aromatic rings. The average Bonchev–Trinajstić information content (AvgIpc) is 3.07. The van der Waals surface area contributed by atoms with Crippen molar-refractivity contribution in [2.45, 2.75) is 31.2 Å². The lowest BCUT2D eigenvalue weighted by Crippen LogP contribution is -2.43. The second-order valence-electron chi connectivity index (χ2n) is 7.09. The molecule has 0 bridgehead atoms. The van der Waals surface area contributed by atoms with Gasteiger partial charge in [-0.1, -0.05) is 18.2 Å². The van der Waals surface area contributed by atoms with Crippen LogP contribution >= 0.6 is 0 Å². The number of anilines is 1. The maximum atomic E-state index is 13.1. The van der Waals surface area contributed by atoms with Gasteiger partial charge in [-0.05, 0) is 19.1 Å². The van der Waals surface area contributed by atoms with Crippen molar-refractivity contribution in [2.24, 2.45) is 0 Å². The van der Waals surface area contributed by atoms with Crippen molar-refractivity contribution in [2.75, 3.05) is 19.0 Å². The number of benzene rings is 1. The maximum absolute atomic E-state index is 13.1. The third-order valence-electron chi connectivity index (χ3n) is 4.78. The van der Waals surface area contributed by atoms with Crippen molar-refractivity contribution >= 4 is 16.9 Å². The first-order valence-electron chi connectivity index (χ1n) is 8.73. The second-order valence-corrected chi connectivity index (χ2v) is 7.09. The Morgan fingerprint density at radius 3 is 2.86 bits per heavy atom. The molecular weight excluding hydrogens is 373 g/mol. The Hall–Kier alpha value is -2.81. The highest BCUT2D eigenvalue weighted by Gasteiger charge is 2.38. The number of aromatic nitrogens is 3. The van der Waals surface area contributed by atoms with Gasteiger partial charge in [0.05, 0.1) is 18.0 Å². The van der Waals surface area contributed by atoms with Crippen molar-refractivity contribution in [3.05, 3.63) is 47.9 Å². The molecule has 1 aliphatic rings. The zero-order valence-electron chi connectivity index (χ0n) is 15.3. The van der Waals surface area contributed by atoms with Crippen LogP contribution in [-0.4, -0.2) is 34.3 Å². The van der Waals surface area contributed by atoms with Crippen molar-refractivity contribution in [1.82, 2.24) is 15.0 Å². The molecule has 0 fully saturated rings. The van der Waals surface area contributed by atoms with Gasteiger partial charge in [0.25, 0.3) is 0 Å². The van der Waals surface area contributed by atoms with E-state index in [1.165, 1.54) is 6.33 Å². The number of hydrogen-bond acceptors (Lipinski definition) is 5. The van der Waals surface area contributed by atoms with Gasteiger partial charge in [-0.25, -0.2) is 9.97 Å². The lowest BCUT2D eigenvalue weighted by Gasteiger charge is -2.40. The number of fused-ring (bicyclic) bond motifs is 2. The Bertz CT molecular complexity index is 1000. The molecule has 0 aliphatic carbocycles. The lowest BCUT2D eigenvalue weighted by molar-refractivity contribution is -0.140. The molecule has 148 valence electrons. The van der Waals surface area contributed by atoms with E-state index in [2.05, 4.69) is 20.3 Å². The van der Waals surface area contributed by atoms with E-state index in [0.29, 0.717) is 24.6 Å². The molecule has 9 heteroatoms. The quantitative estimate of drug-likeness (QED) is 0.692. The van der Waals surface area contributed by atoms with E-state index in [-0.39, 0.29) is 17.1 Å². The molecule has 0 radical (unpaired) electrons. The summed E-state index contributed by atoms with van der Waals surface area (Å²) in [7, 11) is 1.60. The summed E-state index contributed by atoms with van der Waals surface area (Å²) in [5.74, 6) is 1.04. The fourth-order valence-corrected chi connectivity index (χ4v) is 3.61. The number of halogens is 3. The topological polar surface area (TPSA) is 72.1 Å². The van der Waals surface area contributed by atoms with E-state index < -0.39 is 17.5 Å². The molecule has 0 saturated carbocycles. The van der Waals surface area contributed by atoms with Crippen LogP contribution in [-0.2, 0) is 10.9 Å². The standard InChI is InChI=1S/C19H19F3N4O2/c1-18(9-27-2)8-13(11-5-3-4-6-14(11)28-18)25-16-12-7-15(19(20,21)22)26-17(12)24-10-23-16/h3-7,10,13H,8-9H2,1-2H3,(H2,23,24,25,26)/t13-,18-/m1/s1. The van der Waals surface area contributed by atoms with Crippen LogP contribution in [0.3, 0.4) is 0 Å². The van der Waals surface area contributed by atoms with E-state index in [4.69, 9.17) is 9.47 Å². The Kier molecular flexibility index (Phi) is 4.41. The Balaban J connectivity index is 1.73. The number of H-pyrrole nitrogens is 1. The fourth-order valence-electron chi connectivity index (χ4n) is 3.61. The first-order valence-corrected chi connectivity index (χ1v) is 8.73. The normalized spacial score (nSPS) is 22.0. The first-order chi connectivity index (χ1) is 13.3. The highest BCUT2D eigenvalue weighted by Crippen LogP contribution is 2.42.